The Kier molecular flexibility index (Phi) is 7.76. The van der Waals surface area contributed by atoms with E-state index in [1.807, 2.05) is 6.92 Å². The zero-order valence-corrected chi connectivity index (χ0v) is 9.14. The molecule has 0 aliphatic carbocycles. The molecule has 1 atom stereocenters. The number of rotatable bonds is 7. The first kappa shape index (κ1) is 12.5. The van der Waals surface area contributed by atoms with E-state index in [9.17, 15) is 4.79 Å². The van der Waals surface area contributed by atoms with Crippen LogP contribution in [0.5, 0.6) is 0 Å². The molecule has 0 aliphatic rings. The predicted molar refractivity (Wildman–Crippen MR) is 54.6 cm³/mol. The van der Waals surface area contributed by atoms with Crippen molar-refractivity contribution in [1.82, 2.24) is 0 Å². The van der Waals surface area contributed by atoms with Crippen molar-refractivity contribution >= 4 is 5.97 Å². The predicted octanol–water partition coefficient (Wildman–Crippen LogP) is 3.16. The van der Waals surface area contributed by atoms with Crippen LogP contribution in [0, 0.1) is 5.92 Å². The highest BCUT2D eigenvalue weighted by atomic mass is 16.5. The number of hydrogen-bond acceptors (Lipinski definition) is 2. The first-order valence-corrected chi connectivity index (χ1v) is 5.40. The van der Waals surface area contributed by atoms with E-state index in [0.29, 0.717) is 18.9 Å². The van der Waals surface area contributed by atoms with E-state index in [-0.39, 0.29) is 5.97 Å². The van der Waals surface area contributed by atoms with Crippen molar-refractivity contribution in [3.8, 4) is 0 Å². The number of ether oxygens (including phenoxy) is 1. The summed E-state index contributed by atoms with van der Waals surface area (Å²) >= 11 is 0. The molecule has 1 unspecified atom stereocenters. The Bertz CT molecular complexity index is 132. The molecule has 13 heavy (non-hydrogen) atoms. The fourth-order valence-electron chi connectivity index (χ4n) is 1.30. The second-order valence-corrected chi connectivity index (χ2v) is 3.50. The summed E-state index contributed by atoms with van der Waals surface area (Å²) in [5, 5.41) is 0. The summed E-state index contributed by atoms with van der Waals surface area (Å²) in [6, 6.07) is 0. The van der Waals surface area contributed by atoms with Crippen molar-refractivity contribution in [3.05, 3.63) is 0 Å². The lowest BCUT2D eigenvalue weighted by molar-refractivity contribution is -0.145. The fraction of sp³-hybridized carbons (Fsp3) is 0.909. The largest absolute Gasteiger partial charge is 0.465 e. The molecule has 0 N–H and O–H groups in total. The third-order valence-electron chi connectivity index (χ3n) is 2.21. The highest BCUT2D eigenvalue weighted by molar-refractivity contribution is 5.69. The fourth-order valence-corrected chi connectivity index (χ4v) is 1.30. The quantitative estimate of drug-likeness (QED) is 0.571. The van der Waals surface area contributed by atoms with Crippen LogP contribution in [0.2, 0.25) is 0 Å². The minimum atomic E-state index is -0.0444. The van der Waals surface area contributed by atoms with Gasteiger partial charge >= 0.3 is 5.97 Å². The van der Waals surface area contributed by atoms with Gasteiger partial charge in [0.1, 0.15) is 0 Å². The molecule has 0 aromatic rings. The summed E-state index contributed by atoms with van der Waals surface area (Å²) in [5.74, 6) is 0.517. The van der Waals surface area contributed by atoms with Gasteiger partial charge in [0.05, 0.1) is 6.61 Å². The molecular formula is C11H22O2. The van der Waals surface area contributed by atoms with Crippen molar-refractivity contribution in [1.29, 1.82) is 0 Å². The van der Waals surface area contributed by atoms with Gasteiger partial charge in [-0.15, -0.1) is 0 Å². The van der Waals surface area contributed by atoms with Gasteiger partial charge in [0, 0.05) is 6.42 Å². The number of carbonyl (C=O) groups is 1. The van der Waals surface area contributed by atoms with E-state index in [0.717, 1.165) is 19.3 Å². The Morgan fingerprint density at radius 1 is 1.23 bits per heavy atom. The van der Waals surface area contributed by atoms with Crippen LogP contribution in [-0.2, 0) is 9.53 Å². The summed E-state index contributed by atoms with van der Waals surface area (Å²) in [5.41, 5.74) is 0. The molecule has 0 saturated heterocycles. The summed E-state index contributed by atoms with van der Waals surface area (Å²) in [7, 11) is 0. The van der Waals surface area contributed by atoms with Crippen LogP contribution in [-0.4, -0.2) is 12.6 Å². The van der Waals surface area contributed by atoms with Crippen LogP contribution in [0.3, 0.4) is 0 Å². The molecular weight excluding hydrogens is 164 g/mol. The van der Waals surface area contributed by atoms with Crippen molar-refractivity contribution < 1.29 is 9.53 Å². The lowest BCUT2D eigenvalue weighted by Crippen LogP contribution is -2.13. The zero-order chi connectivity index (χ0) is 10.1. The maximum absolute atomic E-state index is 11.0. The van der Waals surface area contributed by atoms with Gasteiger partial charge in [-0.3, -0.25) is 4.79 Å². The maximum atomic E-state index is 11.0. The molecule has 0 aromatic carbocycles. The monoisotopic (exact) mass is 186 g/mol. The first-order valence-electron chi connectivity index (χ1n) is 5.40. The minimum absolute atomic E-state index is 0.0444. The molecule has 0 radical (unpaired) electrons. The molecule has 0 aliphatic heterocycles. The van der Waals surface area contributed by atoms with Crippen molar-refractivity contribution in [3.63, 3.8) is 0 Å². The molecule has 0 rings (SSSR count). The highest BCUT2D eigenvalue weighted by Crippen LogP contribution is 2.11. The molecule has 0 bridgehead atoms. The van der Waals surface area contributed by atoms with Crippen LogP contribution in [0.15, 0.2) is 0 Å². The lowest BCUT2D eigenvalue weighted by Gasteiger charge is -2.13. The molecule has 0 amide bonds. The van der Waals surface area contributed by atoms with Crippen LogP contribution in [0.4, 0.5) is 0 Å². The Balaban J connectivity index is 3.52. The molecule has 0 heterocycles. The van der Waals surface area contributed by atoms with Gasteiger partial charge in [-0.1, -0.05) is 33.6 Å². The summed E-state index contributed by atoms with van der Waals surface area (Å²) < 4.78 is 5.15. The van der Waals surface area contributed by atoms with E-state index in [4.69, 9.17) is 4.74 Å². The van der Waals surface area contributed by atoms with Gasteiger partial charge in [-0.2, -0.15) is 0 Å². The van der Waals surface area contributed by atoms with E-state index in [1.54, 1.807) is 0 Å². The van der Waals surface area contributed by atoms with Crippen LogP contribution >= 0.6 is 0 Å². The second kappa shape index (κ2) is 8.09. The number of carbonyl (C=O) groups excluding carboxylic acids is 1. The van der Waals surface area contributed by atoms with Crippen molar-refractivity contribution in [2.75, 3.05) is 6.61 Å². The molecule has 2 nitrogen and oxygen atoms in total. The van der Waals surface area contributed by atoms with Crippen LogP contribution in [0.1, 0.15) is 52.9 Å². The molecule has 2 heteroatoms. The summed E-state index contributed by atoms with van der Waals surface area (Å²) in [6.07, 6.45) is 4.87. The van der Waals surface area contributed by atoms with E-state index < -0.39 is 0 Å². The van der Waals surface area contributed by atoms with Gasteiger partial charge < -0.3 is 4.74 Å². The Morgan fingerprint density at radius 3 is 2.38 bits per heavy atom. The molecule has 78 valence electrons. The second-order valence-electron chi connectivity index (χ2n) is 3.50. The highest BCUT2D eigenvalue weighted by Gasteiger charge is 2.08. The zero-order valence-electron chi connectivity index (χ0n) is 9.14. The van der Waals surface area contributed by atoms with E-state index in [1.165, 1.54) is 6.42 Å². The Labute approximate surface area is 81.7 Å². The van der Waals surface area contributed by atoms with E-state index >= 15 is 0 Å². The normalized spacial score (nSPS) is 12.5. The Morgan fingerprint density at radius 2 is 1.92 bits per heavy atom. The minimum Gasteiger partial charge on any atom is -0.465 e. The van der Waals surface area contributed by atoms with Crippen molar-refractivity contribution in [2.24, 2.45) is 5.92 Å². The van der Waals surface area contributed by atoms with Gasteiger partial charge in [-0.05, 0) is 18.8 Å². The Hall–Kier alpha value is -0.530. The third kappa shape index (κ3) is 6.62. The third-order valence-corrected chi connectivity index (χ3v) is 2.21. The molecule has 0 spiro atoms. The smallest absolute Gasteiger partial charge is 0.305 e. The maximum Gasteiger partial charge on any atom is 0.305 e. The standard InChI is InChI=1S/C11H22O2/c1-4-7-10(6-3)9-13-11(12)8-5-2/h10H,4-9H2,1-3H3. The molecule has 0 aromatic heterocycles. The number of esters is 1. The average Bonchev–Trinajstić information content (AvgIpc) is 2.12. The van der Waals surface area contributed by atoms with Crippen molar-refractivity contribution in [2.45, 2.75) is 52.9 Å². The summed E-state index contributed by atoms with van der Waals surface area (Å²) in [4.78, 5) is 11.0. The SMILES string of the molecule is CCCC(=O)OCC(CC)CCC. The van der Waals surface area contributed by atoms with Crippen LogP contribution in [0.25, 0.3) is 0 Å². The van der Waals surface area contributed by atoms with Gasteiger partial charge in [-0.25, -0.2) is 0 Å². The number of hydrogen-bond donors (Lipinski definition) is 0. The van der Waals surface area contributed by atoms with Crippen LogP contribution < -0.4 is 0 Å². The molecule has 0 saturated carbocycles. The topological polar surface area (TPSA) is 26.3 Å². The molecule has 0 fully saturated rings. The first-order chi connectivity index (χ1) is 6.24. The van der Waals surface area contributed by atoms with Gasteiger partial charge in [0.25, 0.3) is 0 Å². The van der Waals surface area contributed by atoms with Gasteiger partial charge in [0.2, 0.25) is 0 Å². The summed E-state index contributed by atoms with van der Waals surface area (Å²) in [6.45, 7) is 6.91. The lowest BCUT2D eigenvalue weighted by atomic mass is 10.0. The van der Waals surface area contributed by atoms with Gasteiger partial charge in [0.15, 0.2) is 0 Å². The average molecular weight is 186 g/mol. The van der Waals surface area contributed by atoms with E-state index in [2.05, 4.69) is 13.8 Å².